The van der Waals surface area contributed by atoms with Crippen LogP contribution in [0.3, 0.4) is 0 Å². The molecule has 0 aliphatic carbocycles. The Labute approximate surface area is 70.1 Å². The zero-order valence-corrected chi connectivity index (χ0v) is 7.93. The first-order valence-corrected chi connectivity index (χ1v) is 4.35. The zero-order chi connectivity index (χ0) is 8.85. The first-order valence-electron chi connectivity index (χ1n) is 4.35. The molecule has 2 unspecified atom stereocenters. The highest BCUT2D eigenvalue weighted by Crippen LogP contribution is 2.22. The molecule has 0 rings (SSSR count). The Bertz CT molecular complexity index is 118. The molecule has 0 aromatic rings. The van der Waals surface area contributed by atoms with Crippen LogP contribution in [0.2, 0.25) is 0 Å². The van der Waals surface area contributed by atoms with E-state index in [-0.39, 0.29) is 0 Å². The van der Waals surface area contributed by atoms with E-state index in [9.17, 15) is 0 Å². The highest BCUT2D eigenvalue weighted by molar-refractivity contribution is 4.95. The third kappa shape index (κ3) is 4.20. The van der Waals surface area contributed by atoms with E-state index in [4.69, 9.17) is 5.11 Å². The predicted molar refractivity (Wildman–Crippen MR) is 49.5 cm³/mol. The third-order valence-electron chi connectivity index (χ3n) is 2.45. The molecule has 0 aromatic carbocycles. The van der Waals surface area contributed by atoms with E-state index < -0.39 is 0 Å². The minimum absolute atomic E-state index is 0.313. The molecule has 0 saturated heterocycles. The van der Waals surface area contributed by atoms with Crippen molar-refractivity contribution < 1.29 is 5.11 Å². The van der Waals surface area contributed by atoms with Gasteiger partial charge in [-0.3, -0.25) is 0 Å². The van der Waals surface area contributed by atoms with E-state index in [1.165, 1.54) is 5.57 Å². The van der Waals surface area contributed by atoms with Crippen LogP contribution in [0, 0.1) is 11.8 Å². The van der Waals surface area contributed by atoms with Crippen molar-refractivity contribution in [3.05, 3.63) is 12.2 Å². The standard InChI is InChI=1S/C10H20O/c1-8(2)10(4)9(3)6-5-7-11/h9-11H,1,5-7H2,2-4H3. The minimum Gasteiger partial charge on any atom is -0.396 e. The molecule has 2 atom stereocenters. The second kappa shape index (κ2) is 5.36. The van der Waals surface area contributed by atoms with Gasteiger partial charge in [0.25, 0.3) is 0 Å². The molecule has 1 nitrogen and oxygen atoms in total. The van der Waals surface area contributed by atoms with Crippen LogP contribution < -0.4 is 0 Å². The van der Waals surface area contributed by atoms with Crippen molar-refractivity contribution in [1.82, 2.24) is 0 Å². The van der Waals surface area contributed by atoms with Crippen LogP contribution in [0.1, 0.15) is 33.6 Å². The Morgan fingerprint density at radius 2 is 2.00 bits per heavy atom. The number of allylic oxidation sites excluding steroid dienone is 1. The maximum Gasteiger partial charge on any atom is 0.0431 e. The highest BCUT2D eigenvalue weighted by atomic mass is 16.2. The Morgan fingerprint density at radius 3 is 2.36 bits per heavy atom. The molecule has 0 spiro atoms. The predicted octanol–water partition coefficient (Wildman–Crippen LogP) is 2.61. The van der Waals surface area contributed by atoms with E-state index in [0.717, 1.165) is 12.8 Å². The second-order valence-corrected chi connectivity index (χ2v) is 3.48. The van der Waals surface area contributed by atoms with Crippen molar-refractivity contribution in [3.63, 3.8) is 0 Å². The van der Waals surface area contributed by atoms with Crippen molar-refractivity contribution in [2.75, 3.05) is 6.61 Å². The summed E-state index contributed by atoms with van der Waals surface area (Å²) in [5.41, 5.74) is 1.25. The van der Waals surface area contributed by atoms with E-state index in [0.29, 0.717) is 18.4 Å². The summed E-state index contributed by atoms with van der Waals surface area (Å²) in [6, 6.07) is 0. The number of rotatable bonds is 5. The summed E-state index contributed by atoms with van der Waals surface area (Å²) in [5, 5.41) is 8.61. The van der Waals surface area contributed by atoms with Gasteiger partial charge in [-0.05, 0) is 31.6 Å². The fourth-order valence-corrected chi connectivity index (χ4v) is 1.15. The van der Waals surface area contributed by atoms with Gasteiger partial charge in [-0.15, -0.1) is 0 Å². The lowest BCUT2D eigenvalue weighted by Crippen LogP contribution is -2.09. The third-order valence-corrected chi connectivity index (χ3v) is 2.45. The van der Waals surface area contributed by atoms with Crippen LogP contribution >= 0.6 is 0 Å². The molecule has 0 bridgehead atoms. The summed E-state index contributed by atoms with van der Waals surface area (Å²) in [6.45, 7) is 10.7. The summed E-state index contributed by atoms with van der Waals surface area (Å²) >= 11 is 0. The first-order chi connectivity index (χ1) is 5.09. The molecule has 1 heteroatoms. The number of aliphatic hydroxyl groups is 1. The Hall–Kier alpha value is -0.300. The van der Waals surface area contributed by atoms with Crippen LogP contribution in [-0.4, -0.2) is 11.7 Å². The van der Waals surface area contributed by atoms with Gasteiger partial charge in [-0.2, -0.15) is 0 Å². The Balaban J connectivity index is 3.63. The Morgan fingerprint density at radius 1 is 1.45 bits per heavy atom. The molecule has 66 valence electrons. The van der Waals surface area contributed by atoms with Gasteiger partial charge in [0, 0.05) is 6.61 Å². The van der Waals surface area contributed by atoms with Gasteiger partial charge in [0.1, 0.15) is 0 Å². The summed E-state index contributed by atoms with van der Waals surface area (Å²) in [5.74, 6) is 1.24. The summed E-state index contributed by atoms with van der Waals surface area (Å²) in [6.07, 6.45) is 2.02. The molecule has 0 aliphatic rings. The lowest BCUT2D eigenvalue weighted by atomic mass is 9.87. The van der Waals surface area contributed by atoms with Crippen molar-refractivity contribution >= 4 is 0 Å². The van der Waals surface area contributed by atoms with Gasteiger partial charge in [0.2, 0.25) is 0 Å². The van der Waals surface area contributed by atoms with Crippen LogP contribution in [0.15, 0.2) is 12.2 Å². The SMILES string of the molecule is C=C(C)C(C)C(C)CCCO. The van der Waals surface area contributed by atoms with Gasteiger partial charge in [-0.25, -0.2) is 0 Å². The van der Waals surface area contributed by atoms with Gasteiger partial charge >= 0.3 is 0 Å². The molecule has 0 radical (unpaired) electrons. The van der Waals surface area contributed by atoms with Crippen molar-refractivity contribution in [1.29, 1.82) is 0 Å². The summed E-state index contributed by atoms with van der Waals surface area (Å²) in [7, 11) is 0. The number of hydrogen-bond acceptors (Lipinski definition) is 1. The van der Waals surface area contributed by atoms with Crippen LogP contribution in [0.4, 0.5) is 0 Å². The maximum absolute atomic E-state index is 8.61. The van der Waals surface area contributed by atoms with Gasteiger partial charge in [0.15, 0.2) is 0 Å². The molecule has 11 heavy (non-hydrogen) atoms. The van der Waals surface area contributed by atoms with Crippen LogP contribution in [0.25, 0.3) is 0 Å². The van der Waals surface area contributed by atoms with E-state index in [1.807, 2.05) is 0 Å². The molecular formula is C10H20O. The van der Waals surface area contributed by atoms with E-state index >= 15 is 0 Å². The fraction of sp³-hybridized carbons (Fsp3) is 0.800. The molecule has 0 fully saturated rings. The molecular weight excluding hydrogens is 136 g/mol. The second-order valence-electron chi connectivity index (χ2n) is 3.48. The van der Waals surface area contributed by atoms with Gasteiger partial charge in [-0.1, -0.05) is 26.0 Å². The van der Waals surface area contributed by atoms with Crippen LogP contribution in [0.5, 0.6) is 0 Å². The lowest BCUT2D eigenvalue weighted by molar-refractivity contribution is 0.264. The van der Waals surface area contributed by atoms with E-state index in [1.54, 1.807) is 0 Å². The monoisotopic (exact) mass is 156 g/mol. The minimum atomic E-state index is 0.313. The number of aliphatic hydroxyl groups excluding tert-OH is 1. The molecule has 0 amide bonds. The topological polar surface area (TPSA) is 20.2 Å². The first kappa shape index (κ1) is 10.7. The summed E-state index contributed by atoms with van der Waals surface area (Å²) < 4.78 is 0. The normalized spacial score (nSPS) is 16.0. The zero-order valence-electron chi connectivity index (χ0n) is 7.93. The average Bonchev–Trinajstić information content (AvgIpc) is 1.98. The largest absolute Gasteiger partial charge is 0.396 e. The van der Waals surface area contributed by atoms with E-state index in [2.05, 4.69) is 27.4 Å². The average molecular weight is 156 g/mol. The molecule has 0 aliphatic heterocycles. The van der Waals surface area contributed by atoms with Crippen molar-refractivity contribution in [2.45, 2.75) is 33.6 Å². The number of hydrogen-bond donors (Lipinski definition) is 1. The quantitative estimate of drug-likeness (QED) is 0.607. The molecule has 0 saturated carbocycles. The fourth-order valence-electron chi connectivity index (χ4n) is 1.15. The smallest absolute Gasteiger partial charge is 0.0431 e. The summed E-state index contributed by atoms with van der Waals surface area (Å²) in [4.78, 5) is 0. The maximum atomic E-state index is 8.61. The molecule has 0 aromatic heterocycles. The highest BCUT2D eigenvalue weighted by Gasteiger charge is 2.11. The van der Waals surface area contributed by atoms with Gasteiger partial charge < -0.3 is 5.11 Å². The van der Waals surface area contributed by atoms with Crippen molar-refractivity contribution in [2.24, 2.45) is 11.8 Å². The molecule has 1 N–H and O–H groups in total. The molecule has 0 heterocycles. The van der Waals surface area contributed by atoms with Gasteiger partial charge in [0.05, 0.1) is 0 Å². The van der Waals surface area contributed by atoms with Crippen LogP contribution in [-0.2, 0) is 0 Å². The van der Waals surface area contributed by atoms with Crippen molar-refractivity contribution in [3.8, 4) is 0 Å². The Kier molecular flexibility index (Phi) is 5.22. The lowest BCUT2D eigenvalue weighted by Gasteiger charge is -2.19.